The Labute approximate surface area is 241 Å². The van der Waals surface area contributed by atoms with Gasteiger partial charge in [-0.25, -0.2) is 14.4 Å². The van der Waals surface area contributed by atoms with Crippen molar-refractivity contribution < 1.29 is 28.6 Å². The monoisotopic (exact) mass is 566 g/mol. The maximum absolute atomic E-state index is 13.2. The van der Waals surface area contributed by atoms with Crippen molar-refractivity contribution in [2.75, 3.05) is 59.4 Å². The van der Waals surface area contributed by atoms with Crippen LogP contribution in [0.15, 0.2) is 11.1 Å². The van der Waals surface area contributed by atoms with Gasteiger partial charge in [-0.05, 0) is 102 Å². The Kier molecular flexibility index (Phi) is 11.7. The number of hydrogen-bond acceptors (Lipinski definition) is 7. The van der Waals surface area contributed by atoms with Crippen LogP contribution >= 0.6 is 0 Å². The lowest BCUT2D eigenvalue weighted by molar-refractivity contribution is 0.00802. The fourth-order valence-electron chi connectivity index (χ4n) is 4.32. The maximum Gasteiger partial charge on any atom is 0.410 e. The number of likely N-dealkylation sites (N-methyl/N-ethyl adjacent to an activating group) is 1. The molecule has 10 nitrogen and oxygen atoms in total. The van der Waals surface area contributed by atoms with E-state index < -0.39 is 35.1 Å². The summed E-state index contributed by atoms with van der Waals surface area (Å²) in [5.41, 5.74) is 0.954. The first-order chi connectivity index (χ1) is 18.3. The summed E-state index contributed by atoms with van der Waals surface area (Å²) in [5.74, 6) is 0. The number of nitrogens with zero attached hydrogens (tertiary/aromatic N) is 4. The van der Waals surface area contributed by atoms with E-state index in [0.29, 0.717) is 26.2 Å². The molecule has 0 radical (unpaired) electrons. The van der Waals surface area contributed by atoms with Gasteiger partial charge < -0.3 is 33.8 Å². The number of rotatable bonds is 0. The Bertz CT molecular complexity index is 913. The molecule has 0 aromatic carbocycles. The van der Waals surface area contributed by atoms with Crippen molar-refractivity contribution in [2.24, 2.45) is 0 Å². The summed E-state index contributed by atoms with van der Waals surface area (Å²) in [4.78, 5) is 46.6. The number of allylic oxidation sites excluding steroid dienone is 1. The van der Waals surface area contributed by atoms with E-state index in [1.54, 1.807) is 14.7 Å². The Morgan fingerprint density at radius 1 is 0.525 bits per heavy atom. The van der Waals surface area contributed by atoms with E-state index in [1.807, 2.05) is 62.3 Å². The lowest BCUT2D eigenvalue weighted by Gasteiger charge is -2.33. The standard InChI is InChI=1S/C30H54N4O6/c1-28(2,3)38-25(35)32-15-13-24-22-23(24)12-11-14-31(10)16-17-33(26(36)39-29(4,5)6)20-21-34(19-18-32)27(37)40-30(7,8)9/h11-22H2,1-10H3. The van der Waals surface area contributed by atoms with Gasteiger partial charge in [-0.1, -0.05) is 11.1 Å². The third-order valence-electron chi connectivity index (χ3n) is 6.49. The van der Waals surface area contributed by atoms with E-state index >= 15 is 0 Å². The SMILES string of the molecule is CN1CCCC2=C(CCN(C(=O)OC(C)(C)C)CCN(C(=O)OC(C)(C)C)CCN(C(=O)OC(C)(C)C)CC1)C2. The summed E-state index contributed by atoms with van der Waals surface area (Å²) in [7, 11) is 2.06. The summed E-state index contributed by atoms with van der Waals surface area (Å²) in [6, 6.07) is 0. The van der Waals surface area contributed by atoms with Gasteiger partial charge in [-0.15, -0.1) is 0 Å². The fourth-order valence-corrected chi connectivity index (χ4v) is 4.32. The number of carbonyl (C=O) groups excluding carboxylic acids is 3. The zero-order valence-electron chi connectivity index (χ0n) is 26.7. The summed E-state index contributed by atoms with van der Waals surface area (Å²) in [6.07, 6.45) is 2.65. The Morgan fingerprint density at radius 2 is 0.875 bits per heavy atom. The van der Waals surface area contributed by atoms with Crippen molar-refractivity contribution in [1.29, 1.82) is 0 Å². The minimum absolute atomic E-state index is 0.245. The molecule has 2 rings (SSSR count). The fraction of sp³-hybridized carbons (Fsp3) is 0.833. The third kappa shape index (κ3) is 13.2. The second kappa shape index (κ2) is 13.9. The number of hydrogen-bond donors (Lipinski definition) is 0. The molecule has 1 aliphatic carbocycles. The van der Waals surface area contributed by atoms with Crippen LogP contribution in [0.25, 0.3) is 0 Å². The molecular weight excluding hydrogens is 512 g/mol. The maximum atomic E-state index is 13.2. The summed E-state index contributed by atoms with van der Waals surface area (Å²) in [6.45, 7) is 20.2. The number of carbonyl (C=O) groups is 3. The average molecular weight is 567 g/mol. The Morgan fingerprint density at radius 3 is 1.27 bits per heavy atom. The summed E-state index contributed by atoms with van der Waals surface area (Å²) < 4.78 is 17.1. The van der Waals surface area contributed by atoms with Gasteiger partial charge in [0, 0.05) is 45.8 Å². The highest BCUT2D eigenvalue weighted by molar-refractivity contribution is 5.70. The molecule has 0 atom stereocenters. The van der Waals surface area contributed by atoms with E-state index in [0.717, 1.165) is 32.2 Å². The predicted molar refractivity (Wildman–Crippen MR) is 156 cm³/mol. The molecule has 0 N–H and O–H groups in total. The second-order valence-corrected chi connectivity index (χ2v) is 13.9. The molecule has 0 aromatic rings. The van der Waals surface area contributed by atoms with Gasteiger partial charge in [0.1, 0.15) is 16.8 Å². The minimum Gasteiger partial charge on any atom is -0.444 e. The van der Waals surface area contributed by atoms with E-state index in [1.165, 1.54) is 11.1 Å². The molecule has 0 bridgehead atoms. The zero-order valence-corrected chi connectivity index (χ0v) is 26.7. The normalized spacial score (nSPS) is 19.5. The van der Waals surface area contributed by atoms with Crippen molar-refractivity contribution in [1.82, 2.24) is 19.6 Å². The molecule has 1 aliphatic heterocycles. The van der Waals surface area contributed by atoms with Gasteiger partial charge in [-0.2, -0.15) is 0 Å². The van der Waals surface area contributed by atoms with Crippen LogP contribution in [-0.4, -0.2) is 114 Å². The van der Waals surface area contributed by atoms with Crippen LogP contribution in [0.4, 0.5) is 14.4 Å². The molecule has 0 saturated carbocycles. The van der Waals surface area contributed by atoms with Crippen molar-refractivity contribution in [3.05, 3.63) is 11.1 Å². The Balaban J connectivity index is 2.30. The topological polar surface area (TPSA) is 91.9 Å². The first kappa shape index (κ1) is 33.7. The average Bonchev–Trinajstić information content (AvgIpc) is 3.51. The first-order valence-corrected chi connectivity index (χ1v) is 14.6. The van der Waals surface area contributed by atoms with E-state index in [4.69, 9.17) is 14.2 Å². The lowest BCUT2D eigenvalue weighted by atomic mass is 10.2. The highest BCUT2D eigenvalue weighted by atomic mass is 16.6. The highest BCUT2D eigenvalue weighted by Crippen LogP contribution is 2.37. The van der Waals surface area contributed by atoms with Gasteiger partial charge in [0.2, 0.25) is 0 Å². The summed E-state index contributed by atoms with van der Waals surface area (Å²) >= 11 is 0. The van der Waals surface area contributed by atoms with Gasteiger partial charge in [-0.3, -0.25) is 0 Å². The molecule has 3 amide bonds. The lowest BCUT2D eigenvalue weighted by Crippen LogP contribution is -2.48. The molecule has 0 aromatic heterocycles. The second-order valence-electron chi connectivity index (χ2n) is 13.9. The van der Waals surface area contributed by atoms with Crippen LogP contribution in [-0.2, 0) is 14.2 Å². The molecule has 0 saturated heterocycles. The number of ether oxygens (including phenoxy) is 3. The van der Waals surface area contributed by atoms with Crippen LogP contribution in [0, 0.1) is 0 Å². The van der Waals surface area contributed by atoms with Crippen molar-refractivity contribution in [3.63, 3.8) is 0 Å². The van der Waals surface area contributed by atoms with Crippen LogP contribution < -0.4 is 0 Å². The summed E-state index contributed by atoms with van der Waals surface area (Å²) in [5, 5.41) is 0. The van der Waals surface area contributed by atoms with E-state index in [9.17, 15) is 14.4 Å². The van der Waals surface area contributed by atoms with E-state index in [2.05, 4.69) is 11.9 Å². The molecule has 0 unspecified atom stereocenters. The molecule has 0 spiro atoms. The van der Waals surface area contributed by atoms with Gasteiger partial charge in [0.05, 0.1) is 0 Å². The zero-order chi connectivity index (χ0) is 30.3. The molecule has 2 aliphatic rings. The van der Waals surface area contributed by atoms with Crippen LogP contribution in [0.5, 0.6) is 0 Å². The first-order valence-electron chi connectivity index (χ1n) is 14.6. The van der Waals surface area contributed by atoms with Gasteiger partial charge in [0.25, 0.3) is 0 Å². The van der Waals surface area contributed by atoms with Crippen LogP contribution in [0.3, 0.4) is 0 Å². The highest BCUT2D eigenvalue weighted by Gasteiger charge is 2.29. The smallest absolute Gasteiger partial charge is 0.410 e. The molecule has 1 heterocycles. The van der Waals surface area contributed by atoms with Gasteiger partial charge in [0.15, 0.2) is 0 Å². The van der Waals surface area contributed by atoms with Crippen molar-refractivity contribution in [3.8, 4) is 0 Å². The predicted octanol–water partition coefficient (Wildman–Crippen LogP) is 5.51. The molecular formula is C30H54N4O6. The molecule has 0 fully saturated rings. The van der Waals surface area contributed by atoms with Crippen LogP contribution in [0.1, 0.15) is 88.0 Å². The minimum atomic E-state index is -0.683. The molecule has 10 heteroatoms. The van der Waals surface area contributed by atoms with Crippen LogP contribution in [0.2, 0.25) is 0 Å². The van der Waals surface area contributed by atoms with Crippen molar-refractivity contribution in [2.45, 2.75) is 105 Å². The quantitative estimate of drug-likeness (QED) is 0.282. The Hall–Kier alpha value is -2.49. The van der Waals surface area contributed by atoms with Gasteiger partial charge >= 0.3 is 18.3 Å². The number of amides is 3. The van der Waals surface area contributed by atoms with E-state index in [-0.39, 0.29) is 19.6 Å². The third-order valence-corrected chi connectivity index (χ3v) is 6.49. The molecule has 230 valence electrons. The van der Waals surface area contributed by atoms with Crippen molar-refractivity contribution >= 4 is 18.3 Å². The molecule has 40 heavy (non-hydrogen) atoms. The largest absolute Gasteiger partial charge is 0.444 e.